The number of para-hydroxylation sites is 1. The molecule has 1 N–H and O–H groups in total. The average Bonchev–Trinajstić information content (AvgIpc) is 2.65. The molecule has 0 spiro atoms. The maximum absolute atomic E-state index is 12.0. The second-order valence-corrected chi connectivity index (χ2v) is 6.88. The summed E-state index contributed by atoms with van der Waals surface area (Å²) in [5.74, 6) is 0.760. The van der Waals surface area contributed by atoms with E-state index in [2.05, 4.69) is 41.5 Å². The fraction of sp³-hybridized carbons (Fsp3) is 0.143. The molecular formula is C21H20N2OS. The van der Waals surface area contributed by atoms with E-state index >= 15 is 0 Å². The van der Waals surface area contributed by atoms with Crippen molar-refractivity contribution in [3.63, 3.8) is 0 Å². The Morgan fingerprint density at radius 3 is 2.76 bits per heavy atom. The number of fused-ring (bicyclic) bond motifs is 1. The molecule has 0 fully saturated rings. The Bertz CT molecular complexity index is 883. The number of hydrogen-bond donors (Lipinski definition) is 1. The monoisotopic (exact) mass is 348 g/mol. The van der Waals surface area contributed by atoms with Gasteiger partial charge in [-0.2, -0.15) is 0 Å². The van der Waals surface area contributed by atoms with Crippen LogP contribution in [0.25, 0.3) is 17.0 Å². The highest BCUT2D eigenvalue weighted by Crippen LogP contribution is 2.18. The van der Waals surface area contributed by atoms with Gasteiger partial charge in [0.25, 0.3) is 0 Å². The standard InChI is InChI=1S/C21H20N2OS/c1-16-7-10-19(11-8-16)25-15-14-22-20(24)12-9-18-5-2-4-17-6-3-13-23-21(17)18/h2-13H,14-15H2,1H3,(H,22,24)/b12-9+. The van der Waals surface area contributed by atoms with Gasteiger partial charge in [0.1, 0.15) is 0 Å². The number of aromatic nitrogens is 1. The Morgan fingerprint density at radius 1 is 1.12 bits per heavy atom. The Labute approximate surface area is 152 Å². The minimum absolute atomic E-state index is 0.0857. The van der Waals surface area contributed by atoms with Crippen LogP contribution in [0.5, 0.6) is 0 Å². The van der Waals surface area contributed by atoms with Gasteiger partial charge in [-0.25, -0.2) is 0 Å². The predicted octanol–water partition coefficient (Wildman–Crippen LogP) is 4.46. The Hall–Kier alpha value is -2.59. The van der Waals surface area contributed by atoms with Crippen LogP contribution in [0.15, 0.2) is 71.8 Å². The van der Waals surface area contributed by atoms with Gasteiger partial charge in [-0.3, -0.25) is 9.78 Å². The number of thioether (sulfide) groups is 1. The van der Waals surface area contributed by atoms with Crippen molar-refractivity contribution in [2.75, 3.05) is 12.3 Å². The molecule has 0 saturated heterocycles. The highest BCUT2D eigenvalue weighted by Gasteiger charge is 2.00. The largest absolute Gasteiger partial charge is 0.352 e. The molecule has 3 rings (SSSR count). The van der Waals surface area contributed by atoms with Gasteiger partial charge in [0.05, 0.1) is 5.52 Å². The van der Waals surface area contributed by atoms with Crippen LogP contribution in [0.4, 0.5) is 0 Å². The SMILES string of the molecule is Cc1ccc(SCCNC(=O)/C=C/c2cccc3cccnc23)cc1. The van der Waals surface area contributed by atoms with Crippen molar-refractivity contribution in [1.29, 1.82) is 0 Å². The molecule has 1 aromatic heterocycles. The minimum atomic E-state index is -0.0857. The lowest BCUT2D eigenvalue weighted by Gasteiger charge is -2.04. The number of aryl methyl sites for hydroxylation is 1. The van der Waals surface area contributed by atoms with E-state index in [1.54, 1.807) is 24.0 Å². The van der Waals surface area contributed by atoms with E-state index in [9.17, 15) is 4.79 Å². The molecule has 25 heavy (non-hydrogen) atoms. The maximum Gasteiger partial charge on any atom is 0.244 e. The van der Waals surface area contributed by atoms with E-state index in [0.717, 1.165) is 22.2 Å². The number of pyridine rings is 1. The number of hydrogen-bond acceptors (Lipinski definition) is 3. The zero-order valence-corrected chi connectivity index (χ0v) is 14.9. The normalized spacial score (nSPS) is 11.1. The molecule has 0 atom stereocenters. The van der Waals surface area contributed by atoms with Crippen LogP contribution in [-0.2, 0) is 4.79 Å². The summed E-state index contributed by atoms with van der Waals surface area (Å²) in [4.78, 5) is 17.6. The molecule has 0 radical (unpaired) electrons. The van der Waals surface area contributed by atoms with Crippen LogP contribution in [0.1, 0.15) is 11.1 Å². The van der Waals surface area contributed by atoms with Crippen molar-refractivity contribution in [2.24, 2.45) is 0 Å². The molecule has 1 amide bonds. The van der Waals surface area contributed by atoms with Crippen molar-refractivity contribution in [2.45, 2.75) is 11.8 Å². The lowest BCUT2D eigenvalue weighted by atomic mass is 10.1. The minimum Gasteiger partial charge on any atom is -0.352 e. The Balaban J connectivity index is 1.50. The molecule has 0 aliphatic rings. The van der Waals surface area contributed by atoms with Crippen LogP contribution in [-0.4, -0.2) is 23.2 Å². The van der Waals surface area contributed by atoms with Crippen molar-refractivity contribution < 1.29 is 4.79 Å². The fourth-order valence-corrected chi connectivity index (χ4v) is 3.23. The van der Waals surface area contributed by atoms with Gasteiger partial charge in [0, 0.05) is 40.4 Å². The van der Waals surface area contributed by atoms with Crippen molar-refractivity contribution >= 4 is 34.6 Å². The first-order valence-electron chi connectivity index (χ1n) is 8.21. The summed E-state index contributed by atoms with van der Waals surface area (Å²) in [6, 6.07) is 18.3. The van der Waals surface area contributed by atoms with E-state index in [1.165, 1.54) is 10.5 Å². The fourth-order valence-electron chi connectivity index (χ4n) is 2.46. The van der Waals surface area contributed by atoms with Gasteiger partial charge >= 0.3 is 0 Å². The van der Waals surface area contributed by atoms with Crippen LogP contribution in [0, 0.1) is 6.92 Å². The third kappa shape index (κ3) is 4.94. The summed E-state index contributed by atoms with van der Waals surface area (Å²) in [7, 11) is 0. The highest BCUT2D eigenvalue weighted by molar-refractivity contribution is 7.99. The Kier molecular flexibility index (Phi) is 5.86. The van der Waals surface area contributed by atoms with Gasteiger partial charge in [-0.1, -0.05) is 42.0 Å². The van der Waals surface area contributed by atoms with Gasteiger partial charge < -0.3 is 5.32 Å². The number of carbonyl (C=O) groups is 1. The smallest absolute Gasteiger partial charge is 0.244 e. The van der Waals surface area contributed by atoms with Gasteiger partial charge in [0.15, 0.2) is 0 Å². The van der Waals surface area contributed by atoms with Crippen LogP contribution in [0.3, 0.4) is 0 Å². The quantitative estimate of drug-likeness (QED) is 0.406. The van der Waals surface area contributed by atoms with Crippen LogP contribution >= 0.6 is 11.8 Å². The summed E-state index contributed by atoms with van der Waals surface area (Å²) in [6.07, 6.45) is 5.15. The van der Waals surface area contributed by atoms with E-state index in [0.29, 0.717) is 6.54 Å². The molecule has 0 aliphatic carbocycles. The molecule has 3 aromatic rings. The number of nitrogens with zero attached hydrogens (tertiary/aromatic N) is 1. The highest BCUT2D eigenvalue weighted by atomic mass is 32.2. The molecule has 4 heteroatoms. The topological polar surface area (TPSA) is 42.0 Å². The molecule has 0 aliphatic heterocycles. The van der Waals surface area contributed by atoms with E-state index in [-0.39, 0.29) is 5.91 Å². The number of rotatable bonds is 6. The first kappa shape index (κ1) is 17.2. The summed E-state index contributed by atoms with van der Waals surface area (Å²) < 4.78 is 0. The predicted molar refractivity (Wildman–Crippen MR) is 106 cm³/mol. The van der Waals surface area contributed by atoms with E-state index in [1.807, 2.05) is 36.4 Å². The first-order valence-corrected chi connectivity index (χ1v) is 9.20. The summed E-state index contributed by atoms with van der Waals surface area (Å²) in [5.41, 5.74) is 3.11. The number of benzene rings is 2. The zero-order valence-electron chi connectivity index (χ0n) is 14.1. The Morgan fingerprint density at radius 2 is 1.92 bits per heavy atom. The number of amides is 1. The lowest BCUT2D eigenvalue weighted by molar-refractivity contribution is -0.116. The lowest BCUT2D eigenvalue weighted by Crippen LogP contribution is -2.23. The molecule has 0 saturated carbocycles. The number of nitrogens with one attached hydrogen (secondary N) is 1. The number of carbonyl (C=O) groups excluding carboxylic acids is 1. The molecular weight excluding hydrogens is 328 g/mol. The van der Waals surface area contributed by atoms with Crippen molar-refractivity contribution in [3.8, 4) is 0 Å². The molecule has 126 valence electrons. The summed E-state index contributed by atoms with van der Waals surface area (Å²) in [5, 5.41) is 3.98. The summed E-state index contributed by atoms with van der Waals surface area (Å²) >= 11 is 1.74. The van der Waals surface area contributed by atoms with E-state index in [4.69, 9.17) is 0 Å². The second kappa shape index (κ2) is 8.49. The molecule has 0 unspecified atom stereocenters. The van der Waals surface area contributed by atoms with Crippen molar-refractivity contribution in [3.05, 3.63) is 78.0 Å². The van der Waals surface area contributed by atoms with Crippen LogP contribution < -0.4 is 5.32 Å². The first-order chi connectivity index (χ1) is 12.2. The third-order valence-electron chi connectivity index (χ3n) is 3.77. The summed E-state index contributed by atoms with van der Waals surface area (Å²) in [6.45, 7) is 2.71. The van der Waals surface area contributed by atoms with Gasteiger partial charge in [-0.05, 0) is 31.2 Å². The van der Waals surface area contributed by atoms with E-state index < -0.39 is 0 Å². The second-order valence-electron chi connectivity index (χ2n) is 5.71. The van der Waals surface area contributed by atoms with Crippen LogP contribution in [0.2, 0.25) is 0 Å². The van der Waals surface area contributed by atoms with Crippen molar-refractivity contribution in [1.82, 2.24) is 10.3 Å². The van der Waals surface area contributed by atoms with Gasteiger partial charge in [-0.15, -0.1) is 11.8 Å². The molecule has 0 bridgehead atoms. The molecule has 3 nitrogen and oxygen atoms in total. The van der Waals surface area contributed by atoms with Gasteiger partial charge in [0.2, 0.25) is 5.91 Å². The average molecular weight is 348 g/mol. The maximum atomic E-state index is 12.0. The molecule has 2 aromatic carbocycles. The third-order valence-corrected chi connectivity index (χ3v) is 4.78. The zero-order chi connectivity index (χ0) is 17.5. The molecule has 1 heterocycles.